The molecule has 0 saturated carbocycles. The van der Waals surface area contributed by atoms with Gasteiger partial charge in [0.05, 0.1) is 0 Å². The Kier molecular flexibility index (Phi) is 7.12. The maximum Gasteiger partial charge on any atom is 0.321 e. The number of aliphatic carboxylic acids is 1. The summed E-state index contributed by atoms with van der Waals surface area (Å²) in [5.41, 5.74) is 0. The van der Waals surface area contributed by atoms with Gasteiger partial charge in [-0.1, -0.05) is 12.8 Å². The Morgan fingerprint density at radius 2 is 1.89 bits per heavy atom. The summed E-state index contributed by atoms with van der Waals surface area (Å²) in [6, 6.07) is -1.04. The molecule has 1 heterocycles. The average Bonchev–Trinajstić information content (AvgIpc) is 2.63. The molecular weight excluding hydrogens is 288 g/mol. The van der Waals surface area contributed by atoms with E-state index in [2.05, 4.69) is 4.72 Å². The van der Waals surface area contributed by atoms with Crippen LogP contribution in [0.2, 0.25) is 0 Å². The molecular formula is C11H22N2O4S2. The van der Waals surface area contributed by atoms with Gasteiger partial charge >= 0.3 is 5.97 Å². The van der Waals surface area contributed by atoms with Gasteiger partial charge in [-0.05, 0) is 31.3 Å². The van der Waals surface area contributed by atoms with Crippen molar-refractivity contribution >= 4 is 27.9 Å². The molecule has 112 valence electrons. The molecule has 1 aliphatic heterocycles. The van der Waals surface area contributed by atoms with Crippen LogP contribution in [-0.4, -0.2) is 54.9 Å². The number of carboxylic acid groups (broad SMARTS) is 1. The molecule has 1 rings (SSSR count). The smallest absolute Gasteiger partial charge is 0.321 e. The Morgan fingerprint density at radius 3 is 2.37 bits per heavy atom. The Hall–Kier alpha value is -0.310. The van der Waals surface area contributed by atoms with Gasteiger partial charge in [0, 0.05) is 13.1 Å². The summed E-state index contributed by atoms with van der Waals surface area (Å²) in [6.07, 6.45) is 5.89. The highest BCUT2D eigenvalue weighted by molar-refractivity contribution is 7.98. The van der Waals surface area contributed by atoms with E-state index in [1.165, 1.54) is 16.1 Å². The number of nitrogens with one attached hydrogen (secondary N) is 1. The fraction of sp³-hybridized carbons (Fsp3) is 0.909. The monoisotopic (exact) mass is 310 g/mol. The molecule has 0 aromatic carbocycles. The Bertz CT molecular complexity index is 378. The fourth-order valence-corrected chi connectivity index (χ4v) is 3.94. The van der Waals surface area contributed by atoms with Gasteiger partial charge in [-0.25, -0.2) is 0 Å². The molecule has 0 aromatic rings. The minimum Gasteiger partial charge on any atom is -0.480 e. The summed E-state index contributed by atoms with van der Waals surface area (Å²) in [6.45, 7) is 0.953. The van der Waals surface area contributed by atoms with Gasteiger partial charge < -0.3 is 5.11 Å². The number of nitrogens with zero attached hydrogens (tertiary/aromatic N) is 1. The van der Waals surface area contributed by atoms with Crippen LogP contribution in [0.1, 0.15) is 32.1 Å². The largest absolute Gasteiger partial charge is 0.480 e. The lowest BCUT2D eigenvalue weighted by Gasteiger charge is -2.23. The van der Waals surface area contributed by atoms with Crippen LogP contribution >= 0.6 is 11.8 Å². The van der Waals surface area contributed by atoms with Crippen LogP contribution < -0.4 is 4.72 Å². The maximum absolute atomic E-state index is 12.2. The topological polar surface area (TPSA) is 86.7 Å². The lowest BCUT2D eigenvalue weighted by atomic mass is 10.2. The minimum atomic E-state index is -3.69. The second kappa shape index (κ2) is 8.08. The Labute approximate surface area is 119 Å². The number of carbonyl (C=O) groups is 1. The fourth-order valence-electron chi connectivity index (χ4n) is 2.00. The SMILES string of the molecule is CSCCC(NS(=O)(=O)N1CCCCCC1)C(=O)O. The van der Waals surface area contributed by atoms with Crippen LogP contribution in [0.15, 0.2) is 0 Å². The van der Waals surface area contributed by atoms with Crippen molar-refractivity contribution in [3.8, 4) is 0 Å². The Morgan fingerprint density at radius 1 is 1.32 bits per heavy atom. The lowest BCUT2D eigenvalue weighted by Crippen LogP contribution is -2.48. The molecule has 0 spiro atoms. The summed E-state index contributed by atoms with van der Waals surface area (Å²) in [5.74, 6) is -0.508. The molecule has 0 bridgehead atoms. The highest BCUT2D eigenvalue weighted by Gasteiger charge is 2.28. The van der Waals surface area contributed by atoms with Gasteiger partial charge in [0.25, 0.3) is 10.2 Å². The van der Waals surface area contributed by atoms with E-state index in [0.717, 1.165) is 25.7 Å². The van der Waals surface area contributed by atoms with E-state index >= 15 is 0 Å². The van der Waals surface area contributed by atoms with Crippen molar-refractivity contribution < 1.29 is 18.3 Å². The van der Waals surface area contributed by atoms with Gasteiger partial charge in [0.1, 0.15) is 6.04 Å². The van der Waals surface area contributed by atoms with Gasteiger partial charge in [-0.2, -0.15) is 29.2 Å². The third-order valence-corrected chi connectivity index (χ3v) is 5.38. The minimum absolute atomic E-state index is 0.295. The number of carboxylic acids is 1. The molecule has 19 heavy (non-hydrogen) atoms. The van der Waals surface area contributed by atoms with Gasteiger partial charge in [-0.15, -0.1) is 0 Å². The molecule has 0 aliphatic carbocycles. The molecule has 1 fully saturated rings. The van der Waals surface area contributed by atoms with Crippen LogP contribution in [0.25, 0.3) is 0 Å². The van der Waals surface area contributed by atoms with E-state index in [4.69, 9.17) is 5.11 Å². The van der Waals surface area contributed by atoms with E-state index in [9.17, 15) is 13.2 Å². The number of hydrogen-bond donors (Lipinski definition) is 2. The molecule has 0 aromatic heterocycles. The van der Waals surface area contributed by atoms with Crippen LogP contribution in [0.3, 0.4) is 0 Å². The number of thioether (sulfide) groups is 1. The first-order valence-corrected chi connectivity index (χ1v) is 9.30. The third-order valence-electron chi connectivity index (χ3n) is 3.10. The summed E-state index contributed by atoms with van der Waals surface area (Å²) < 4.78 is 28.0. The quantitative estimate of drug-likeness (QED) is 0.729. The zero-order chi connectivity index (χ0) is 14.3. The highest BCUT2D eigenvalue weighted by atomic mass is 32.2. The number of hydrogen-bond acceptors (Lipinski definition) is 4. The molecule has 0 radical (unpaired) electrons. The molecule has 8 heteroatoms. The predicted octanol–water partition coefficient (Wildman–Crippen LogP) is 0.903. The van der Waals surface area contributed by atoms with E-state index in [0.29, 0.717) is 25.3 Å². The first-order valence-electron chi connectivity index (χ1n) is 6.46. The summed E-state index contributed by atoms with van der Waals surface area (Å²) in [5, 5.41) is 9.06. The van der Waals surface area contributed by atoms with Crippen molar-refractivity contribution in [1.29, 1.82) is 0 Å². The lowest BCUT2D eigenvalue weighted by molar-refractivity contribution is -0.139. The predicted molar refractivity (Wildman–Crippen MR) is 76.5 cm³/mol. The summed E-state index contributed by atoms with van der Waals surface area (Å²) >= 11 is 1.50. The third kappa shape index (κ3) is 5.68. The molecule has 1 unspecified atom stereocenters. The number of rotatable bonds is 7. The van der Waals surface area contributed by atoms with Crippen molar-refractivity contribution in [3.63, 3.8) is 0 Å². The van der Waals surface area contributed by atoms with E-state index in [1.807, 2.05) is 6.26 Å². The van der Waals surface area contributed by atoms with Crippen molar-refractivity contribution in [2.24, 2.45) is 0 Å². The van der Waals surface area contributed by atoms with Gasteiger partial charge in [0.2, 0.25) is 0 Å². The molecule has 2 N–H and O–H groups in total. The average molecular weight is 310 g/mol. The van der Waals surface area contributed by atoms with Crippen molar-refractivity contribution in [1.82, 2.24) is 9.03 Å². The Balaban J connectivity index is 2.66. The van der Waals surface area contributed by atoms with E-state index in [-0.39, 0.29) is 0 Å². The van der Waals surface area contributed by atoms with Crippen LogP contribution in [0.5, 0.6) is 0 Å². The standard InChI is InChI=1S/C11H22N2O4S2/c1-18-9-6-10(11(14)15)12-19(16,17)13-7-4-2-3-5-8-13/h10,12H,2-9H2,1H3,(H,14,15). The zero-order valence-electron chi connectivity index (χ0n) is 11.2. The molecule has 1 atom stereocenters. The second-order valence-electron chi connectivity index (χ2n) is 4.61. The highest BCUT2D eigenvalue weighted by Crippen LogP contribution is 2.13. The van der Waals surface area contributed by atoms with Gasteiger partial charge in [-0.3, -0.25) is 4.79 Å². The summed E-state index contributed by atoms with van der Waals surface area (Å²) in [7, 11) is -3.69. The molecule has 1 saturated heterocycles. The van der Waals surface area contributed by atoms with E-state index < -0.39 is 22.2 Å². The van der Waals surface area contributed by atoms with Crippen LogP contribution in [-0.2, 0) is 15.0 Å². The normalized spacial score (nSPS) is 19.8. The first-order chi connectivity index (χ1) is 8.97. The van der Waals surface area contributed by atoms with Crippen LogP contribution in [0.4, 0.5) is 0 Å². The summed E-state index contributed by atoms with van der Waals surface area (Å²) in [4.78, 5) is 11.1. The van der Waals surface area contributed by atoms with Gasteiger partial charge in [0.15, 0.2) is 0 Å². The first kappa shape index (κ1) is 16.7. The van der Waals surface area contributed by atoms with Crippen molar-refractivity contribution in [2.45, 2.75) is 38.1 Å². The molecule has 6 nitrogen and oxygen atoms in total. The second-order valence-corrected chi connectivity index (χ2v) is 7.30. The van der Waals surface area contributed by atoms with Crippen molar-refractivity contribution in [2.75, 3.05) is 25.1 Å². The molecule has 0 amide bonds. The van der Waals surface area contributed by atoms with E-state index in [1.54, 1.807) is 0 Å². The molecule has 1 aliphatic rings. The zero-order valence-corrected chi connectivity index (χ0v) is 12.8. The maximum atomic E-state index is 12.2. The van der Waals surface area contributed by atoms with Crippen LogP contribution in [0, 0.1) is 0 Å². The van der Waals surface area contributed by atoms with Crippen molar-refractivity contribution in [3.05, 3.63) is 0 Å².